The van der Waals surface area contributed by atoms with E-state index >= 15 is 0 Å². The molecule has 3 aromatic rings. The number of aromatic nitrogens is 1. The van der Waals surface area contributed by atoms with Crippen molar-refractivity contribution < 1.29 is 14.3 Å². The van der Waals surface area contributed by atoms with Gasteiger partial charge in [-0.3, -0.25) is 4.79 Å². The fraction of sp³-hybridized carbons (Fsp3) is 0.273. The van der Waals surface area contributed by atoms with Crippen LogP contribution in [-0.4, -0.2) is 23.4 Å². The van der Waals surface area contributed by atoms with E-state index in [2.05, 4.69) is 37.4 Å². The molecule has 2 heterocycles. The number of benzene rings is 2. The molecule has 0 unspecified atom stereocenters. The van der Waals surface area contributed by atoms with Crippen molar-refractivity contribution in [2.45, 2.75) is 32.3 Å². The van der Waals surface area contributed by atoms with E-state index in [1.807, 2.05) is 25.1 Å². The predicted octanol–water partition coefficient (Wildman–Crippen LogP) is 4.30. The summed E-state index contributed by atoms with van der Waals surface area (Å²) in [7, 11) is 0. The van der Waals surface area contributed by atoms with Crippen molar-refractivity contribution in [1.82, 2.24) is 10.3 Å². The molecule has 5 nitrogen and oxygen atoms in total. The average Bonchev–Trinajstić information content (AvgIpc) is 3.14. The molecule has 0 atom stereocenters. The Hall–Kier alpha value is -2.73. The summed E-state index contributed by atoms with van der Waals surface area (Å²) in [6.07, 6.45) is 0. The van der Waals surface area contributed by atoms with Crippen molar-refractivity contribution in [3.63, 3.8) is 0 Å². The van der Waals surface area contributed by atoms with Gasteiger partial charge in [0.25, 0.3) is 0 Å². The molecular weight excluding hydrogens is 372 g/mol. The highest BCUT2D eigenvalue weighted by molar-refractivity contribution is 7.99. The fourth-order valence-corrected chi connectivity index (χ4v) is 3.93. The molecule has 2 aromatic carbocycles. The van der Waals surface area contributed by atoms with Gasteiger partial charge < -0.3 is 14.8 Å². The summed E-state index contributed by atoms with van der Waals surface area (Å²) in [5.74, 6) is 1.77. The molecule has 1 aliphatic rings. The van der Waals surface area contributed by atoms with Crippen LogP contribution in [0.4, 0.5) is 0 Å². The van der Waals surface area contributed by atoms with Gasteiger partial charge in [0.05, 0.1) is 11.3 Å². The normalized spacial score (nSPS) is 12.4. The molecule has 0 saturated carbocycles. The van der Waals surface area contributed by atoms with Crippen molar-refractivity contribution in [3.05, 3.63) is 58.7 Å². The molecule has 0 bridgehead atoms. The van der Waals surface area contributed by atoms with Gasteiger partial charge in [-0.1, -0.05) is 17.8 Å². The molecule has 1 aliphatic heterocycles. The number of nitrogens with one attached hydrogen (secondary N) is 1. The second-order valence-electron chi connectivity index (χ2n) is 6.99. The van der Waals surface area contributed by atoms with E-state index in [9.17, 15) is 4.79 Å². The number of fused-ring (bicyclic) bond motifs is 2. The second-order valence-corrected chi connectivity index (χ2v) is 7.96. The Labute approximate surface area is 168 Å². The quantitative estimate of drug-likeness (QED) is 0.654. The first kappa shape index (κ1) is 18.6. The Morgan fingerprint density at radius 2 is 1.79 bits per heavy atom. The minimum absolute atomic E-state index is 0.0240. The van der Waals surface area contributed by atoms with Crippen LogP contribution in [0, 0.1) is 20.8 Å². The third kappa shape index (κ3) is 3.92. The van der Waals surface area contributed by atoms with Crippen molar-refractivity contribution in [3.8, 4) is 11.5 Å². The minimum Gasteiger partial charge on any atom is -0.454 e. The third-order valence-corrected chi connectivity index (χ3v) is 5.93. The topological polar surface area (TPSA) is 60.5 Å². The Bertz CT molecular complexity index is 1070. The van der Waals surface area contributed by atoms with Gasteiger partial charge in [0.2, 0.25) is 12.7 Å². The molecule has 144 valence electrons. The number of hydrogen-bond acceptors (Lipinski definition) is 5. The van der Waals surface area contributed by atoms with Gasteiger partial charge >= 0.3 is 0 Å². The number of amides is 1. The van der Waals surface area contributed by atoms with Crippen LogP contribution in [0.1, 0.15) is 22.3 Å². The van der Waals surface area contributed by atoms with Crippen LogP contribution in [0.15, 0.2) is 41.4 Å². The van der Waals surface area contributed by atoms with E-state index in [1.54, 1.807) is 0 Å². The molecule has 1 amide bonds. The van der Waals surface area contributed by atoms with Gasteiger partial charge in [-0.15, -0.1) is 0 Å². The number of pyridine rings is 1. The second kappa shape index (κ2) is 7.72. The molecule has 0 spiro atoms. The van der Waals surface area contributed by atoms with Gasteiger partial charge in [-0.05, 0) is 73.4 Å². The molecule has 1 aromatic heterocycles. The number of carbonyl (C=O) groups is 1. The highest BCUT2D eigenvalue weighted by atomic mass is 32.2. The Kier molecular flexibility index (Phi) is 5.13. The first-order chi connectivity index (χ1) is 13.5. The van der Waals surface area contributed by atoms with E-state index in [-0.39, 0.29) is 12.7 Å². The minimum atomic E-state index is -0.0240. The summed E-state index contributed by atoms with van der Waals surface area (Å²) in [5.41, 5.74) is 5.52. The lowest BCUT2D eigenvalue weighted by Crippen LogP contribution is -2.24. The molecule has 0 radical (unpaired) electrons. The van der Waals surface area contributed by atoms with E-state index in [1.165, 1.54) is 22.9 Å². The molecule has 0 aliphatic carbocycles. The van der Waals surface area contributed by atoms with Gasteiger partial charge in [-0.25, -0.2) is 4.98 Å². The zero-order valence-corrected chi connectivity index (χ0v) is 17.0. The van der Waals surface area contributed by atoms with Crippen LogP contribution in [0.2, 0.25) is 0 Å². The third-order valence-electron chi connectivity index (χ3n) is 4.84. The maximum absolute atomic E-state index is 12.3. The molecule has 0 saturated heterocycles. The van der Waals surface area contributed by atoms with Gasteiger partial charge in [0, 0.05) is 11.9 Å². The zero-order valence-electron chi connectivity index (χ0n) is 16.2. The maximum Gasteiger partial charge on any atom is 0.231 e. The van der Waals surface area contributed by atoms with Gasteiger partial charge in [-0.2, -0.15) is 0 Å². The summed E-state index contributed by atoms with van der Waals surface area (Å²) < 4.78 is 10.7. The van der Waals surface area contributed by atoms with E-state index in [4.69, 9.17) is 14.5 Å². The standard InChI is InChI=1S/C22H22N2O3S/c1-13-6-17-7-15(3)22(24-18(17)8-14(13)2)28-11-21(25)23-10-16-4-5-19-20(9-16)27-12-26-19/h4-9H,10-12H2,1-3H3,(H,23,25). The van der Waals surface area contributed by atoms with Crippen molar-refractivity contribution in [1.29, 1.82) is 0 Å². The van der Waals surface area contributed by atoms with Crippen molar-refractivity contribution >= 4 is 28.6 Å². The molecular formula is C22H22N2O3S. The summed E-state index contributed by atoms with van der Waals surface area (Å²) in [4.78, 5) is 17.0. The summed E-state index contributed by atoms with van der Waals surface area (Å²) >= 11 is 1.47. The number of aryl methyl sites for hydroxylation is 3. The average molecular weight is 394 g/mol. The van der Waals surface area contributed by atoms with Crippen molar-refractivity contribution in [2.75, 3.05) is 12.5 Å². The Balaban J connectivity index is 1.38. The molecule has 0 fully saturated rings. The summed E-state index contributed by atoms with van der Waals surface area (Å²) in [5, 5.41) is 4.98. The SMILES string of the molecule is Cc1cc2cc(C)c(SCC(=O)NCc3ccc4c(c3)OCO4)nc2cc1C. The lowest BCUT2D eigenvalue weighted by molar-refractivity contribution is -0.118. The predicted molar refractivity (Wildman–Crippen MR) is 111 cm³/mol. The van der Waals surface area contributed by atoms with Crippen molar-refractivity contribution in [2.24, 2.45) is 0 Å². The first-order valence-corrected chi connectivity index (χ1v) is 10.1. The zero-order chi connectivity index (χ0) is 19.7. The lowest BCUT2D eigenvalue weighted by Gasteiger charge is -2.10. The Morgan fingerprint density at radius 3 is 2.64 bits per heavy atom. The molecule has 6 heteroatoms. The van der Waals surface area contributed by atoms with Crippen LogP contribution in [-0.2, 0) is 11.3 Å². The summed E-state index contributed by atoms with van der Waals surface area (Å²) in [6.45, 7) is 6.94. The Morgan fingerprint density at radius 1 is 1.04 bits per heavy atom. The fourth-order valence-electron chi connectivity index (χ4n) is 3.11. The number of ether oxygens (including phenoxy) is 2. The highest BCUT2D eigenvalue weighted by Gasteiger charge is 2.14. The monoisotopic (exact) mass is 394 g/mol. The number of nitrogens with zero attached hydrogens (tertiary/aromatic N) is 1. The molecule has 4 rings (SSSR count). The largest absolute Gasteiger partial charge is 0.454 e. The molecule has 28 heavy (non-hydrogen) atoms. The van der Waals surface area contributed by atoms with Crippen LogP contribution < -0.4 is 14.8 Å². The van der Waals surface area contributed by atoms with Crippen LogP contribution in [0.25, 0.3) is 10.9 Å². The lowest BCUT2D eigenvalue weighted by atomic mass is 10.1. The first-order valence-electron chi connectivity index (χ1n) is 9.16. The highest BCUT2D eigenvalue weighted by Crippen LogP contribution is 2.32. The number of thioether (sulfide) groups is 1. The number of rotatable bonds is 5. The number of hydrogen-bond donors (Lipinski definition) is 1. The van der Waals surface area contributed by atoms with Gasteiger partial charge in [0.15, 0.2) is 11.5 Å². The van der Waals surface area contributed by atoms with Crippen LogP contribution in [0.5, 0.6) is 11.5 Å². The van der Waals surface area contributed by atoms with Crippen LogP contribution in [0.3, 0.4) is 0 Å². The van der Waals surface area contributed by atoms with E-state index in [0.29, 0.717) is 12.3 Å². The van der Waals surface area contributed by atoms with E-state index in [0.717, 1.165) is 38.6 Å². The molecule has 1 N–H and O–H groups in total. The number of carbonyl (C=O) groups excluding carboxylic acids is 1. The van der Waals surface area contributed by atoms with E-state index < -0.39 is 0 Å². The smallest absolute Gasteiger partial charge is 0.231 e. The summed E-state index contributed by atoms with van der Waals surface area (Å²) in [6, 6.07) is 12.1. The van der Waals surface area contributed by atoms with Crippen LogP contribution >= 0.6 is 11.8 Å². The maximum atomic E-state index is 12.3. The van der Waals surface area contributed by atoms with Gasteiger partial charge in [0.1, 0.15) is 5.03 Å².